The summed E-state index contributed by atoms with van der Waals surface area (Å²) in [6.07, 6.45) is 4.53. The standard InChI is InChI=1S/C19H23N3O2.2ClH/c1-12(2)24-17-7-4-10-21-18(17)19(23)22-16-6-3-5-13-11-14(20)8-9-15(13)16;;/h4,7-12,16H,3,5-6,20H2,1-2H3,(H,22,23);2*1H. The number of fused-ring (bicyclic) bond motifs is 1. The molecule has 1 aliphatic rings. The van der Waals surface area contributed by atoms with E-state index < -0.39 is 0 Å². The molecule has 1 heterocycles. The number of amides is 1. The lowest BCUT2D eigenvalue weighted by molar-refractivity contribution is 0.0921. The van der Waals surface area contributed by atoms with Crippen LogP contribution >= 0.6 is 24.8 Å². The number of carbonyl (C=O) groups is 1. The fourth-order valence-electron chi connectivity index (χ4n) is 3.12. The Bertz CT molecular complexity index is 753. The molecule has 0 saturated carbocycles. The molecular formula is C19H25Cl2N3O2. The predicted octanol–water partition coefficient (Wildman–Crippen LogP) is 4.10. The molecule has 1 atom stereocenters. The first kappa shape index (κ1) is 22.1. The molecule has 1 amide bonds. The molecule has 7 heteroatoms. The molecule has 0 radical (unpaired) electrons. The number of benzene rings is 1. The number of aromatic nitrogens is 1. The van der Waals surface area contributed by atoms with Crippen LogP contribution in [0.2, 0.25) is 0 Å². The van der Waals surface area contributed by atoms with Gasteiger partial charge in [0, 0.05) is 11.9 Å². The van der Waals surface area contributed by atoms with Gasteiger partial charge in [0.1, 0.15) is 0 Å². The van der Waals surface area contributed by atoms with Crippen molar-refractivity contribution in [2.24, 2.45) is 0 Å². The highest BCUT2D eigenvalue weighted by Crippen LogP contribution is 2.31. The van der Waals surface area contributed by atoms with Crippen LogP contribution in [0.3, 0.4) is 0 Å². The van der Waals surface area contributed by atoms with Crippen molar-refractivity contribution in [2.75, 3.05) is 5.73 Å². The van der Waals surface area contributed by atoms with Gasteiger partial charge in [-0.25, -0.2) is 4.98 Å². The Labute approximate surface area is 166 Å². The second kappa shape index (κ2) is 9.64. The van der Waals surface area contributed by atoms with Crippen LogP contribution in [0.1, 0.15) is 54.3 Å². The van der Waals surface area contributed by atoms with E-state index in [0.717, 1.165) is 30.5 Å². The number of nitrogen functional groups attached to an aromatic ring is 1. The number of carbonyl (C=O) groups excluding carboxylic acids is 1. The maximum Gasteiger partial charge on any atom is 0.274 e. The molecule has 142 valence electrons. The van der Waals surface area contributed by atoms with Gasteiger partial charge in [-0.15, -0.1) is 24.8 Å². The van der Waals surface area contributed by atoms with Crippen LogP contribution in [0.4, 0.5) is 5.69 Å². The number of nitrogens with two attached hydrogens (primary N) is 1. The summed E-state index contributed by atoms with van der Waals surface area (Å²) in [5, 5.41) is 3.10. The molecule has 3 rings (SSSR count). The third kappa shape index (κ3) is 5.02. The Kier molecular flexibility index (Phi) is 8.18. The van der Waals surface area contributed by atoms with Gasteiger partial charge < -0.3 is 15.8 Å². The minimum absolute atomic E-state index is 0. The first-order chi connectivity index (χ1) is 11.5. The summed E-state index contributed by atoms with van der Waals surface area (Å²) >= 11 is 0. The number of anilines is 1. The zero-order valence-corrected chi connectivity index (χ0v) is 16.5. The monoisotopic (exact) mass is 397 g/mol. The number of pyridine rings is 1. The highest BCUT2D eigenvalue weighted by atomic mass is 35.5. The molecule has 0 saturated heterocycles. The topological polar surface area (TPSA) is 77.2 Å². The van der Waals surface area contributed by atoms with Crippen LogP contribution < -0.4 is 15.8 Å². The number of halogens is 2. The average Bonchev–Trinajstić information content (AvgIpc) is 2.54. The third-order valence-corrected chi connectivity index (χ3v) is 4.14. The van der Waals surface area contributed by atoms with Crippen LogP contribution in [-0.2, 0) is 6.42 Å². The Morgan fingerprint density at radius 2 is 2.08 bits per heavy atom. The quantitative estimate of drug-likeness (QED) is 0.761. The molecule has 2 aromatic rings. The fourth-order valence-corrected chi connectivity index (χ4v) is 3.12. The number of nitrogens with one attached hydrogen (secondary N) is 1. The Hall–Kier alpha value is -1.98. The van der Waals surface area contributed by atoms with Gasteiger partial charge >= 0.3 is 0 Å². The number of nitrogens with zero attached hydrogens (tertiary/aromatic N) is 1. The highest BCUT2D eigenvalue weighted by Gasteiger charge is 2.24. The molecular weight excluding hydrogens is 373 g/mol. The lowest BCUT2D eigenvalue weighted by Crippen LogP contribution is -2.32. The molecule has 1 aliphatic carbocycles. The molecule has 0 aliphatic heterocycles. The fraction of sp³-hybridized carbons (Fsp3) is 0.368. The minimum atomic E-state index is -0.207. The summed E-state index contributed by atoms with van der Waals surface area (Å²) in [6.45, 7) is 3.85. The lowest BCUT2D eigenvalue weighted by Gasteiger charge is -2.27. The van der Waals surface area contributed by atoms with E-state index in [9.17, 15) is 4.79 Å². The molecule has 0 spiro atoms. The van der Waals surface area contributed by atoms with Gasteiger partial charge in [-0.2, -0.15) is 0 Å². The predicted molar refractivity (Wildman–Crippen MR) is 108 cm³/mol. The van der Waals surface area contributed by atoms with Gasteiger partial charge in [0.15, 0.2) is 11.4 Å². The maximum absolute atomic E-state index is 12.7. The summed E-state index contributed by atoms with van der Waals surface area (Å²) in [5.74, 6) is 0.305. The largest absolute Gasteiger partial charge is 0.489 e. The Morgan fingerprint density at radius 3 is 2.81 bits per heavy atom. The average molecular weight is 398 g/mol. The summed E-state index contributed by atoms with van der Waals surface area (Å²) in [5.41, 5.74) is 9.32. The van der Waals surface area contributed by atoms with Crippen molar-refractivity contribution in [1.29, 1.82) is 0 Å². The molecule has 1 unspecified atom stereocenters. The second-order valence-corrected chi connectivity index (χ2v) is 6.39. The number of hydrogen-bond donors (Lipinski definition) is 2. The number of aryl methyl sites for hydroxylation is 1. The van der Waals surface area contributed by atoms with E-state index in [4.69, 9.17) is 10.5 Å². The van der Waals surface area contributed by atoms with Gasteiger partial charge in [-0.1, -0.05) is 6.07 Å². The molecule has 1 aromatic heterocycles. The highest BCUT2D eigenvalue weighted by molar-refractivity contribution is 5.95. The van der Waals surface area contributed by atoms with Gasteiger partial charge in [0.05, 0.1) is 12.1 Å². The van der Waals surface area contributed by atoms with Gasteiger partial charge in [0.25, 0.3) is 5.91 Å². The van der Waals surface area contributed by atoms with E-state index in [1.807, 2.05) is 32.0 Å². The van der Waals surface area contributed by atoms with Crippen molar-refractivity contribution >= 4 is 36.4 Å². The summed E-state index contributed by atoms with van der Waals surface area (Å²) in [4.78, 5) is 16.9. The molecule has 0 bridgehead atoms. The first-order valence-electron chi connectivity index (χ1n) is 8.35. The van der Waals surface area contributed by atoms with Crippen molar-refractivity contribution < 1.29 is 9.53 Å². The van der Waals surface area contributed by atoms with Crippen LogP contribution in [0.15, 0.2) is 36.5 Å². The van der Waals surface area contributed by atoms with E-state index in [1.54, 1.807) is 18.3 Å². The molecule has 1 aromatic carbocycles. The zero-order valence-electron chi connectivity index (χ0n) is 14.9. The van der Waals surface area contributed by atoms with Crippen molar-refractivity contribution in [3.05, 3.63) is 53.3 Å². The smallest absolute Gasteiger partial charge is 0.274 e. The van der Waals surface area contributed by atoms with Gasteiger partial charge in [-0.3, -0.25) is 4.79 Å². The number of ether oxygens (including phenoxy) is 1. The van der Waals surface area contributed by atoms with E-state index in [1.165, 1.54) is 5.56 Å². The van der Waals surface area contributed by atoms with E-state index in [2.05, 4.69) is 10.3 Å². The van der Waals surface area contributed by atoms with Crippen LogP contribution in [-0.4, -0.2) is 17.0 Å². The van der Waals surface area contributed by atoms with E-state index >= 15 is 0 Å². The van der Waals surface area contributed by atoms with Crippen molar-refractivity contribution in [2.45, 2.75) is 45.3 Å². The molecule has 5 nitrogen and oxygen atoms in total. The summed E-state index contributed by atoms with van der Waals surface area (Å²) in [6, 6.07) is 9.43. The second-order valence-electron chi connectivity index (χ2n) is 6.39. The van der Waals surface area contributed by atoms with E-state index in [0.29, 0.717) is 11.4 Å². The van der Waals surface area contributed by atoms with E-state index in [-0.39, 0.29) is 42.9 Å². The molecule has 0 fully saturated rings. The Balaban J connectivity index is 0.00000169. The van der Waals surface area contributed by atoms with Crippen LogP contribution in [0.5, 0.6) is 5.75 Å². The van der Waals surface area contributed by atoms with Gasteiger partial charge in [0.2, 0.25) is 0 Å². The van der Waals surface area contributed by atoms with Gasteiger partial charge in [-0.05, 0) is 68.5 Å². The third-order valence-electron chi connectivity index (χ3n) is 4.14. The summed E-state index contributed by atoms with van der Waals surface area (Å²) < 4.78 is 5.70. The van der Waals surface area contributed by atoms with Crippen molar-refractivity contribution in [1.82, 2.24) is 10.3 Å². The number of hydrogen-bond acceptors (Lipinski definition) is 4. The first-order valence-corrected chi connectivity index (χ1v) is 8.35. The normalized spacial score (nSPS) is 15.3. The van der Waals surface area contributed by atoms with Crippen LogP contribution in [0, 0.1) is 0 Å². The molecule has 3 N–H and O–H groups in total. The maximum atomic E-state index is 12.7. The Morgan fingerprint density at radius 1 is 1.31 bits per heavy atom. The lowest BCUT2D eigenvalue weighted by atomic mass is 9.87. The van der Waals surface area contributed by atoms with Crippen LogP contribution in [0.25, 0.3) is 0 Å². The van der Waals surface area contributed by atoms with Crippen molar-refractivity contribution in [3.63, 3.8) is 0 Å². The number of rotatable bonds is 4. The SMILES string of the molecule is CC(C)Oc1cccnc1C(=O)NC1CCCc2cc(N)ccc21.Cl.Cl. The summed E-state index contributed by atoms with van der Waals surface area (Å²) in [7, 11) is 0. The van der Waals surface area contributed by atoms with Crippen molar-refractivity contribution in [3.8, 4) is 5.75 Å². The zero-order chi connectivity index (χ0) is 17.1. The molecule has 26 heavy (non-hydrogen) atoms. The minimum Gasteiger partial charge on any atom is -0.489 e.